The molecule has 9 heteroatoms. The van der Waals surface area contributed by atoms with Crippen molar-refractivity contribution in [1.82, 2.24) is 10.2 Å². The highest BCUT2D eigenvalue weighted by Gasteiger charge is 2.61. The molecule has 1 aliphatic carbocycles. The number of piperidine rings is 1. The molecule has 6 nitrogen and oxygen atoms in total. The summed E-state index contributed by atoms with van der Waals surface area (Å²) in [4.78, 5) is 26.6. The van der Waals surface area contributed by atoms with Crippen molar-refractivity contribution in [2.45, 2.75) is 58.9 Å². The zero-order valence-electron chi connectivity index (χ0n) is 19.3. The van der Waals surface area contributed by atoms with Gasteiger partial charge in [-0.3, -0.25) is 4.79 Å². The molecule has 2 atom stereocenters. The van der Waals surface area contributed by atoms with E-state index in [4.69, 9.17) is 9.47 Å². The van der Waals surface area contributed by atoms with Crippen molar-refractivity contribution in [2.24, 2.45) is 17.8 Å². The minimum absolute atomic E-state index is 0.0958. The molecule has 1 N–H and O–H groups in total. The fraction of sp³-hybridized carbons (Fsp3) is 0.652. The van der Waals surface area contributed by atoms with E-state index >= 15 is 0 Å². The Bertz CT molecular complexity index is 880. The first-order chi connectivity index (χ1) is 14.6. The Hall–Kier alpha value is -2.45. The van der Waals surface area contributed by atoms with Gasteiger partial charge in [-0.15, -0.1) is 0 Å². The van der Waals surface area contributed by atoms with Crippen LogP contribution in [0, 0.1) is 24.7 Å². The molecule has 1 heterocycles. The predicted octanol–water partition coefficient (Wildman–Crippen LogP) is 4.40. The molecule has 1 aliphatic heterocycles. The zero-order chi connectivity index (χ0) is 24.1. The van der Waals surface area contributed by atoms with Crippen LogP contribution in [0.4, 0.5) is 18.0 Å². The average molecular weight is 457 g/mol. The lowest BCUT2D eigenvalue weighted by Crippen LogP contribution is -2.49. The van der Waals surface area contributed by atoms with Gasteiger partial charge in [0.2, 0.25) is 5.91 Å². The number of nitrogens with zero attached hydrogens (tertiary/aromatic N) is 1. The molecular weight excluding hydrogens is 425 g/mol. The van der Waals surface area contributed by atoms with Gasteiger partial charge in [-0.25, -0.2) is 4.79 Å². The highest BCUT2D eigenvalue weighted by molar-refractivity contribution is 5.84. The number of alkyl halides is 3. The normalized spacial score (nSPS) is 22.9. The summed E-state index contributed by atoms with van der Waals surface area (Å²) in [6.07, 6.45) is -4.76. The number of fused-ring (bicyclic) bond motifs is 1. The van der Waals surface area contributed by atoms with Crippen LogP contribution < -0.4 is 10.1 Å². The minimum atomic E-state index is -4.40. The number of rotatable bonds is 5. The number of likely N-dealkylation sites (tertiary alicyclic amines) is 1. The van der Waals surface area contributed by atoms with E-state index in [1.165, 1.54) is 6.07 Å². The second kappa shape index (κ2) is 8.15. The Labute approximate surface area is 186 Å². The molecule has 0 radical (unpaired) electrons. The van der Waals surface area contributed by atoms with Crippen LogP contribution in [0.15, 0.2) is 18.2 Å². The van der Waals surface area contributed by atoms with E-state index in [2.05, 4.69) is 5.32 Å². The van der Waals surface area contributed by atoms with Crippen LogP contribution in [-0.2, 0) is 15.7 Å². The molecule has 178 valence electrons. The quantitative estimate of drug-likeness (QED) is 0.713. The molecule has 1 saturated carbocycles. The van der Waals surface area contributed by atoms with Crippen molar-refractivity contribution in [3.63, 3.8) is 0 Å². The molecule has 2 unspecified atom stereocenters. The number of benzene rings is 1. The Morgan fingerprint density at radius 1 is 1.09 bits per heavy atom. The van der Waals surface area contributed by atoms with Gasteiger partial charge < -0.3 is 19.7 Å². The Morgan fingerprint density at radius 2 is 1.69 bits per heavy atom. The Morgan fingerprint density at radius 3 is 2.19 bits per heavy atom. The largest absolute Gasteiger partial charge is 0.491 e. The van der Waals surface area contributed by atoms with Crippen LogP contribution in [0.5, 0.6) is 5.75 Å². The lowest BCUT2D eigenvalue weighted by Gasteiger charge is -2.28. The summed E-state index contributed by atoms with van der Waals surface area (Å²) in [6.45, 7) is 11.7. The van der Waals surface area contributed by atoms with Crippen LogP contribution in [-0.4, -0.2) is 47.7 Å². The molecule has 3 rings (SSSR count). The first-order valence-corrected chi connectivity index (χ1v) is 10.7. The van der Waals surface area contributed by atoms with Gasteiger partial charge in [0.25, 0.3) is 0 Å². The molecule has 0 aromatic heterocycles. The summed E-state index contributed by atoms with van der Waals surface area (Å²) in [5.41, 5.74) is -1.62. The number of hydrogen-bond donors (Lipinski definition) is 1. The van der Waals surface area contributed by atoms with E-state index in [1.807, 2.05) is 20.8 Å². The van der Waals surface area contributed by atoms with Crippen LogP contribution in [0.3, 0.4) is 0 Å². The first kappa shape index (κ1) is 24.2. The number of halogens is 3. The van der Waals surface area contributed by atoms with Gasteiger partial charge in [0, 0.05) is 19.0 Å². The maximum absolute atomic E-state index is 12.8. The Balaban J connectivity index is 1.49. The van der Waals surface area contributed by atoms with E-state index in [0.717, 1.165) is 12.1 Å². The minimum Gasteiger partial charge on any atom is -0.491 e. The van der Waals surface area contributed by atoms with Crippen molar-refractivity contribution in [3.05, 3.63) is 29.3 Å². The van der Waals surface area contributed by atoms with Crippen LogP contribution in [0.1, 0.15) is 45.7 Å². The number of amides is 2. The molecule has 2 fully saturated rings. The van der Waals surface area contributed by atoms with Gasteiger partial charge in [0.15, 0.2) is 0 Å². The number of aryl methyl sites for hydroxylation is 1. The van der Waals surface area contributed by atoms with Crippen molar-refractivity contribution in [2.75, 3.05) is 19.7 Å². The SMILES string of the molecule is Cc1cc(C(F)(F)F)ccc1OCC(C)(C)NC(=O)C1C2CN(C(=O)OC(C)(C)C)CC21. The standard InChI is InChI=1S/C23H31F3N2O4/c1-13-9-14(23(24,25)26)7-8-17(13)31-12-22(5,6)27-19(29)18-15-10-28(11-16(15)18)20(30)32-21(2,3)4/h7-9,15-16,18H,10-12H2,1-6H3,(H,27,29). The molecular formula is C23H31F3N2O4. The predicted molar refractivity (Wildman–Crippen MR) is 112 cm³/mol. The van der Waals surface area contributed by atoms with E-state index < -0.39 is 22.9 Å². The lowest BCUT2D eigenvalue weighted by molar-refractivity contribution is -0.137. The van der Waals surface area contributed by atoms with Gasteiger partial charge in [-0.2, -0.15) is 13.2 Å². The van der Waals surface area contributed by atoms with Gasteiger partial charge in [0.1, 0.15) is 18.0 Å². The van der Waals surface area contributed by atoms with Crippen LogP contribution >= 0.6 is 0 Å². The number of carbonyl (C=O) groups is 2. The Kier molecular flexibility index (Phi) is 6.17. The van der Waals surface area contributed by atoms with E-state index in [1.54, 1.807) is 25.7 Å². The monoisotopic (exact) mass is 456 g/mol. The molecule has 2 aliphatic rings. The van der Waals surface area contributed by atoms with Crippen molar-refractivity contribution in [3.8, 4) is 5.75 Å². The summed E-state index contributed by atoms with van der Waals surface area (Å²) >= 11 is 0. The molecule has 1 aromatic rings. The third-order valence-electron chi connectivity index (χ3n) is 5.70. The van der Waals surface area contributed by atoms with E-state index in [9.17, 15) is 22.8 Å². The molecule has 0 bridgehead atoms. The maximum Gasteiger partial charge on any atom is 0.416 e. The van der Waals surface area contributed by atoms with Gasteiger partial charge >= 0.3 is 12.3 Å². The summed E-state index contributed by atoms with van der Waals surface area (Å²) in [7, 11) is 0. The fourth-order valence-corrected chi connectivity index (χ4v) is 4.09. The van der Waals surface area contributed by atoms with Gasteiger partial charge in [-0.05, 0) is 77.1 Å². The summed E-state index contributed by atoms with van der Waals surface area (Å²) in [5.74, 6) is 0.340. The summed E-state index contributed by atoms with van der Waals surface area (Å²) in [6, 6.07) is 3.32. The number of hydrogen-bond acceptors (Lipinski definition) is 4. The summed E-state index contributed by atoms with van der Waals surface area (Å²) in [5, 5.41) is 2.98. The first-order valence-electron chi connectivity index (χ1n) is 10.7. The fourth-order valence-electron chi connectivity index (χ4n) is 4.09. The van der Waals surface area contributed by atoms with Gasteiger partial charge in [-0.1, -0.05) is 0 Å². The highest BCUT2D eigenvalue weighted by atomic mass is 19.4. The third kappa shape index (κ3) is 5.66. The second-order valence-electron chi connectivity index (χ2n) is 10.4. The topological polar surface area (TPSA) is 67.9 Å². The number of nitrogens with one attached hydrogen (secondary N) is 1. The van der Waals surface area contributed by atoms with Crippen molar-refractivity contribution in [1.29, 1.82) is 0 Å². The molecule has 1 aromatic carbocycles. The zero-order valence-corrected chi connectivity index (χ0v) is 19.3. The lowest BCUT2D eigenvalue weighted by atomic mass is 10.1. The molecule has 0 spiro atoms. The molecule has 1 saturated heterocycles. The van der Waals surface area contributed by atoms with E-state index in [0.29, 0.717) is 24.4 Å². The van der Waals surface area contributed by atoms with Gasteiger partial charge in [0.05, 0.1) is 11.1 Å². The van der Waals surface area contributed by atoms with Crippen LogP contribution in [0.25, 0.3) is 0 Å². The average Bonchev–Trinajstić information content (AvgIpc) is 3.12. The van der Waals surface area contributed by atoms with Crippen molar-refractivity contribution >= 4 is 12.0 Å². The van der Waals surface area contributed by atoms with E-state index in [-0.39, 0.29) is 36.4 Å². The van der Waals surface area contributed by atoms with Crippen molar-refractivity contribution < 1.29 is 32.2 Å². The smallest absolute Gasteiger partial charge is 0.416 e. The number of ether oxygens (including phenoxy) is 2. The summed E-state index contributed by atoms with van der Waals surface area (Å²) < 4.78 is 49.6. The molecule has 2 amide bonds. The highest BCUT2D eigenvalue weighted by Crippen LogP contribution is 2.52. The molecule has 32 heavy (non-hydrogen) atoms. The maximum atomic E-state index is 12.8. The second-order valence-corrected chi connectivity index (χ2v) is 10.4. The van der Waals surface area contributed by atoms with Crippen LogP contribution in [0.2, 0.25) is 0 Å². The third-order valence-corrected chi connectivity index (χ3v) is 5.70. The number of carbonyl (C=O) groups excluding carboxylic acids is 2.